The van der Waals surface area contributed by atoms with E-state index in [4.69, 9.17) is 5.73 Å². The van der Waals surface area contributed by atoms with E-state index >= 15 is 0 Å². The molecule has 0 bridgehead atoms. The highest BCUT2D eigenvalue weighted by Crippen LogP contribution is 2.18. The number of carbonyl (C=O) groups excluding carboxylic acids is 1. The van der Waals surface area contributed by atoms with Gasteiger partial charge in [0.15, 0.2) is 0 Å². The molecule has 5 nitrogen and oxygen atoms in total. The zero-order valence-electron chi connectivity index (χ0n) is 12.2. The highest BCUT2D eigenvalue weighted by molar-refractivity contribution is 6.04. The minimum absolute atomic E-state index is 0.107. The lowest BCUT2D eigenvalue weighted by atomic mass is 10.1. The van der Waals surface area contributed by atoms with Crippen molar-refractivity contribution in [2.45, 2.75) is 6.54 Å². The molecule has 0 atom stereocenters. The summed E-state index contributed by atoms with van der Waals surface area (Å²) in [5.74, 6) is -0.0654. The van der Waals surface area contributed by atoms with Gasteiger partial charge in [-0.05, 0) is 11.6 Å². The predicted molar refractivity (Wildman–Crippen MR) is 86.2 cm³/mol. The van der Waals surface area contributed by atoms with Gasteiger partial charge in [-0.25, -0.2) is 9.97 Å². The van der Waals surface area contributed by atoms with Gasteiger partial charge in [-0.3, -0.25) is 4.79 Å². The minimum atomic E-state index is -0.172. The zero-order valence-corrected chi connectivity index (χ0v) is 12.2. The third-order valence-electron chi connectivity index (χ3n) is 3.43. The second-order valence-electron chi connectivity index (χ2n) is 5.09. The number of carbonyl (C=O) groups is 1. The smallest absolute Gasteiger partial charge is 0.273 e. The zero-order chi connectivity index (χ0) is 15.5. The van der Waals surface area contributed by atoms with E-state index in [2.05, 4.69) is 9.97 Å². The van der Waals surface area contributed by atoms with Crippen LogP contribution in [0.1, 0.15) is 16.1 Å². The van der Waals surface area contributed by atoms with Crippen molar-refractivity contribution in [2.75, 3.05) is 12.8 Å². The van der Waals surface area contributed by atoms with Gasteiger partial charge in [0.1, 0.15) is 5.69 Å². The summed E-state index contributed by atoms with van der Waals surface area (Å²) in [4.78, 5) is 22.6. The molecule has 0 radical (unpaired) electrons. The van der Waals surface area contributed by atoms with E-state index in [1.54, 1.807) is 11.9 Å². The van der Waals surface area contributed by atoms with Crippen LogP contribution in [-0.4, -0.2) is 27.8 Å². The van der Waals surface area contributed by atoms with Gasteiger partial charge in [-0.1, -0.05) is 48.5 Å². The van der Waals surface area contributed by atoms with Crippen molar-refractivity contribution >= 4 is 22.8 Å². The van der Waals surface area contributed by atoms with Gasteiger partial charge in [0.25, 0.3) is 5.91 Å². The highest BCUT2D eigenvalue weighted by Gasteiger charge is 2.18. The summed E-state index contributed by atoms with van der Waals surface area (Å²) in [6.07, 6.45) is 0. The van der Waals surface area contributed by atoms with E-state index < -0.39 is 0 Å². The summed E-state index contributed by atoms with van der Waals surface area (Å²) in [7, 11) is 1.75. The third kappa shape index (κ3) is 2.74. The molecule has 22 heavy (non-hydrogen) atoms. The van der Waals surface area contributed by atoms with Crippen molar-refractivity contribution in [2.24, 2.45) is 0 Å². The molecule has 0 saturated heterocycles. The van der Waals surface area contributed by atoms with Crippen molar-refractivity contribution in [1.82, 2.24) is 14.9 Å². The molecular formula is C17H16N4O. The van der Waals surface area contributed by atoms with E-state index in [0.29, 0.717) is 23.1 Å². The normalized spacial score (nSPS) is 10.6. The number of para-hydroxylation sites is 1. The first-order valence-electron chi connectivity index (χ1n) is 6.97. The average Bonchev–Trinajstić information content (AvgIpc) is 2.54. The number of aromatic nitrogens is 2. The van der Waals surface area contributed by atoms with E-state index in [-0.39, 0.29) is 11.9 Å². The number of benzene rings is 2. The van der Waals surface area contributed by atoms with Crippen molar-refractivity contribution in [3.8, 4) is 0 Å². The molecule has 2 N–H and O–H groups in total. The number of amides is 1. The average molecular weight is 292 g/mol. The van der Waals surface area contributed by atoms with E-state index in [9.17, 15) is 4.79 Å². The Labute approximate surface area is 128 Å². The molecule has 0 spiro atoms. The molecule has 2 aromatic carbocycles. The Balaban J connectivity index is 1.95. The van der Waals surface area contributed by atoms with Gasteiger partial charge >= 0.3 is 0 Å². The summed E-state index contributed by atoms with van der Waals surface area (Å²) < 4.78 is 0. The number of nitrogens with two attached hydrogens (primary N) is 1. The van der Waals surface area contributed by atoms with Gasteiger partial charge < -0.3 is 10.6 Å². The second kappa shape index (κ2) is 5.81. The number of hydrogen-bond acceptors (Lipinski definition) is 4. The molecule has 3 aromatic rings. The maximum absolute atomic E-state index is 12.7. The first-order valence-corrected chi connectivity index (χ1v) is 6.97. The summed E-state index contributed by atoms with van der Waals surface area (Å²) >= 11 is 0. The van der Waals surface area contributed by atoms with Crippen LogP contribution in [0.25, 0.3) is 10.9 Å². The Morgan fingerprint density at radius 2 is 1.73 bits per heavy atom. The van der Waals surface area contributed by atoms with Crippen LogP contribution >= 0.6 is 0 Å². The molecule has 1 aromatic heterocycles. The number of anilines is 1. The number of nitrogen functional groups attached to an aromatic ring is 1. The molecule has 3 rings (SSSR count). The van der Waals surface area contributed by atoms with Crippen molar-refractivity contribution in [3.05, 3.63) is 65.9 Å². The lowest BCUT2D eigenvalue weighted by molar-refractivity contribution is 0.0781. The molecule has 1 amide bonds. The molecule has 5 heteroatoms. The van der Waals surface area contributed by atoms with Crippen LogP contribution in [0.4, 0.5) is 5.95 Å². The van der Waals surface area contributed by atoms with Crippen LogP contribution in [0.15, 0.2) is 54.6 Å². The Morgan fingerprint density at radius 1 is 1.05 bits per heavy atom. The van der Waals surface area contributed by atoms with Crippen LogP contribution in [-0.2, 0) is 6.54 Å². The number of nitrogens with zero attached hydrogens (tertiary/aromatic N) is 3. The SMILES string of the molecule is CN(Cc1ccccc1)C(=O)c1nc(N)nc2ccccc12. The summed E-state index contributed by atoms with van der Waals surface area (Å²) in [6, 6.07) is 17.2. The molecule has 0 fully saturated rings. The Morgan fingerprint density at radius 3 is 2.50 bits per heavy atom. The molecule has 0 aliphatic rings. The highest BCUT2D eigenvalue weighted by atomic mass is 16.2. The maximum Gasteiger partial charge on any atom is 0.273 e. The van der Waals surface area contributed by atoms with Gasteiger partial charge in [0, 0.05) is 19.0 Å². The summed E-state index contributed by atoms with van der Waals surface area (Å²) in [5, 5.41) is 0.710. The van der Waals surface area contributed by atoms with Crippen LogP contribution in [0.2, 0.25) is 0 Å². The van der Waals surface area contributed by atoms with Crippen molar-refractivity contribution < 1.29 is 4.79 Å². The van der Waals surface area contributed by atoms with E-state index in [0.717, 1.165) is 5.56 Å². The Kier molecular flexibility index (Phi) is 3.70. The van der Waals surface area contributed by atoms with E-state index in [1.165, 1.54) is 0 Å². The first-order chi connectivity index (χ1) is 10.6. The van der Waals surface area contributed by atoms with Crippen LogP contribution in [0.3, 0.4) is 0 Å². The number of rotatable bonds is 3. The molecule has 110 valence electrons. The Hall–Kier alpha value is -2.95. The molecular weight excluding hydrogens is 276 g/mol. The van der Waals surface area contributed by atoms with Gasteiger partial charge in [-0.2, -0.15) is 0 Å². The third-order valence-corrected chi connectivity index (χ3v) is 3.43. The van der Waals surface area contributed by atoms with Crippen molar-refractivity contribution in [3.63, 3.8) is 0 Å². The lowest BCUT2D eigenvalue weighted by Gasteiger charge is -2.17. The largest absolute Gasteiger partial charge is 0.368 e. The maximum atomic E-state index is 12.7. The quantitative estimate of drug-likeness (QED) is 0.805. The number of hydrogen-bond donors (Lipinski definition) is 1. The molecule has 0 aliphatic carbocycles. The van der Waals surface area contributed by atoms with Gasteiger partial charge in [0.2, 0.25) is 5.95 Å². The molecule has 0 aliphatic heterocycles. The summed E-state index contributed by atoms with van der Waals surface area (Å²) in [6.45, 7) is 0.512. The molecule has 1 heterocycles. The molecule has 0 saturated carbocycles. The van der Waals surface area contributed by atoms with Crippen LogP contribution < -0.4 is 5.73 Å². The topological polar surface area (TPSA) is 72.1 Å². The van der Waals surface area contributed by atoms with E-state index in [1.807, 2.05) is 54.6 Å². The second-order valence-corrected chi connectivity index (χ2v) is 5.09. The predicted octanol–water partition coefficient (Wildman–Crippen LogP) is 2.48. The molecule has 0 unspecified atom stereocenters. The minimum Gasteiger partial charge on any atom is -0.368 e. The van der Waals surface area contributed by atoms with Crippen molar-refractivity contribution in [1.29, 1.82) is 0 Å². The standard InChI is InChI=1S/C17H16N4O/c1-21(11-12-7-3-2-4-8-12)16(22)15-13-9-5-6-10-14(13)19-17(18)20-15/h2-10H,11H2,1H3,(H2,18,19,20). The fraction of sp³-hybridized carbons (Fsp3) is 0.118. The fourth-order valence-electron chi connectivity index (χ4n) is 2.37. The first kappa shape index (κ1) is 14.0. The van der Waals surface area contributed by atoms with Crippen LogP contribution in [0, 0.1) is 0 Å². The van der Waals surface area contributed by atoms with Crippen LogP contribution in [0.5, 0.6) is 0 Å². The van der Waals surface area contributed by atoms with Gasteiger partial charge in [-0.15, -0.1) is 0 Å². The monoisotopic (exact) mass is 292 g/mol. The summed E-state index contributed by atoms with van der Waals surface area (Å²) in [5.41, 5.74) is 7.79. The van der Waals surface area contributed by atoms with Gasteiger partial charge in [0.05, 0.1) is 5.52 Å². The fourth-order valence-corrected chi connectivity index (χ4v) is 2.37. The lowest BCUT2D eigenvalue weighted by Crippen LogP contribution is -2.27. The Bertz CT molecular complexity index is 817. The number of fused-ring (bicyclic) bond motifs is 1.